The Hall–Kier alpha value is -1.79. The second-order valence-corrected chi connectivity index (χ2v) is 5.68. The second kappa shape index (κ2) is 6.96. The number of carboxylic acid groups (broad SMARTS) is 1. The van der Waals surface area contributed by atoms with Crippen molar-refractivity contribution in [2.24, 2.45) is 17.1 Å². The van der Waals surface area contributed by atoms with Gasteiger partial charge in [0.1, 0.15) is 6.04 Å². The highest BCUT2D eigenvalue weighted by Gasteiger charge is 2.24. The summed E-state index contributed by atoms with van der Waals surface area (Å²) < 4.78 is 0. The summed E-state index contributed by atoms with van der Waals surface area (Å²) in [6, 6.07) is -1.92. The largest absolute Gasteiger partial charge is 0.480 e. The maximum atomic E-state index is 11.5. The van der Waals surface area contributed by atoms with Gasteiger partial charge in [-0.3, -0.25) is 4.79 Å². The fourth-order valence-corrected chi connectivity index (χ4v) is 1.16. The molecule has 7 heteroatoms. The molecule has 1 unspecified atom stereocenters. The first-order valence-electron chi connectivity index (χ1n) is 6.09. The molecule has 0 radical (unpaired) electrons. The van der Waals surface area contributed by atoms with Crippen LogP contribution in [-0.4, -0.2) is 35.6 Å². The van der Waals surface area contributed by atoms with Crippen LogP contribution in [0.5, 0.6) is 0 Å². The van der Waals surface area contributed by atoms with Gasteiger partial charge in [-0.1, -0.05) is 27.7 Å². The number of rotatable bonds is 6. The Balaban J connectivity index is 4.28. The van der Waals surface area contributed by atoms with Gasteiger partial charge in [-0.05, 0) is 11.3 Å². The summed E-state index contributed by atoms with van der Waals surface area (Å²) in [4.78, 5) is 33.0. The summed E-state index contributed by atoms with van der Waals surface area (Å²) in [7, 11) is 0. The van der Waals surface area contributed by atoms with E-state index >= 15 is 0 Å². The zero-order chi connectivity index (χ0) is 15.2. The molecule has 0 aromatic rings. The number of carbonyl (C=O) groups excluding carboxylic acids is 2. The lowest BCUT2D eigenvalue weighted by Gasteiger charge is -2.27. The number of amides is 3. The normalized spacial score (nSPS) is 14.3. The number of primary amides is 1. The molecule has 2 atom stereocenters. The monoisotopic (exact) mass is 273 g/mol. The second-order valence-electron chi connectivity index (χ2n) is 5.68. The maximum absolute atomic E-state index is 11.5. The molecule has 0 spiro atoms. The highest BCUT2D eigenvalue weighted by molar-refractivity contribution is 5.87. The van der Waals surface area contributed by atoms with Gasteiger partial charge in [-0.15, -0.1) is 0 Å². The summed E-state index contributed by atoms with van der Waals surface area (Å²) in [5, 5.41) is 13.6. The van der Waals surface area contributed by atoms with Crippen LogP contribution in [0.3, 0.4) is 0 Å². The number of aliphatic carboxylic acids is 1. The van der Waals surface area contributed by atoms with Crippen LogP contribution in [0.15, 0.2) is 0 Å². The van der Waals surface area contributed by atoms with Gasteiger partial charge in [0.2, 0.25) is 5.91 Å². The molecule has 0 aliphatic rings. The molecule has 0 rings (SSSR count). The van der Waals surface area contributed by atoms with Crippen molar-refractivity contribution < 1.29 is 19.5 Å². The summed E-state index contributed by atoms with van der Waals surface area (Å²) >= 11 is 0. The van der Waals surface area contributed by atoms with E-state index in [-0.39, 0.29) is 11.3 Å². The van der Waals surface area contributed by atoms with E-state index in [4.69, 9.17) is 10.8 Å². The van der Waals surface area contributed by atoms with Crippen molar-refractivity contribution in [3.63, 3.8) is 0 Å². The van der Waals surface area contributed by atoms with Crippen LogP contribution in [-0.2, 0) is 9.59 Å². The van der Waals surface area contributed by atoms with Gasteiger partial charge in [-0.2, -0.15) is 0 Å². The maximum Gasteiger partial charge on any atom is 0.326 e. The third kappa shape index (κ3) is 7.28. The fourth-order valence-electron chi connectivity index (χ4n) is 1.16. The Bertz CT molecular complexity index is 349. The van der Waals surface area contributed by atoms with Crippen LogP contribution in [0, 0.1) is 11.3 Å². The third-order valence-electron chi connectivity index (χ3n) is 3.06. The first-order chi connectivity index (χ1) is 8.54. The predicted molar refractivity (Wildman–Crippen MR) is 70.4 cm³/mol. The Morgan fingerprint density at radius 1 is 1.26 bits per heavy atom. The molecule has 0 saturated heterocycles. The van der Waals surface area contributed by atoms with Crippen LogP contribution in [0.25, 0.3) is 0 Å². The lowest BCUT2D eigenvalue weighted by molar-refractivity contribution is -0.140. The van der Waals surface area contributed by atoms with Gasteiger partial charge < -0.3 is 21.5 Å². The Morgan fingerprint density at radius 2 is 1.79 bits per heavy atom. The number of carboxylic acids is 1. The molecule has 0 aromatic heterocycles. The Labute approximate surface area is 112 Å². The lowest BCUT2D eigenvalue weighted by Crippen LogP contribution is -2.49. The quantitative estimate of drug-likeness (QED) is 0.556. The number of carbonyl (C=O) groups is 3. The van der Waals surface area contributed by atoms with Crippen molar-refractivity contribution in [1.29, 1.82) is 0 Å². The molecule has 0 fully saturated rings. The average molecular weight is 273 g/mol. The molecule has 0 aromatic carbocycles. The highest BCUT2D eigenvalue weighted by atomic mass is 16.4. The van der Waals surface area contributed by atoms with Gasteiger partial charge in [0.15, 0.2) is 0 Å². The summed E-state index contributed by atoms with van der Waals surface area (Å²) in [6.45, 7) is 8.54. The number of hydrogen-bond acceptors (Lipinski definition) is 3. The lowest BCUT2D eigenvalue weighted by atomic mass is 9.82. The number of nitrogens with two attached hydrogens (primary N) is 1. The van der Waals surface area contributed by atoms with E-state index in [9.17, 15) is 14.4 Å². The van der Waals surface area contributed by atoms with Crippen LogP contribution in [0.1, 0.15) is 34.1 Å². The van der Waals surface area contributed by atoms with E-state index < -0.39 is 30.4 Å². The van der Waals surface area contributed by atoms with Crippen molar-refractivity contribution in [2.45, 2.75) is 40.2 Å². The van der Waals surface area contributed by atoms with E-state index in [1.807, 2.05) is 27.7 Å². The summed E-state index contributed by atoms with van der Waals surface area (Å²) in [6.07, 6.45) is -0.433. The van der Waals surface area contributed by atoms with Crippen LogP contribution >= 0.6 is 0 Å². The Morgan fingerprint density at radius 3 is 2.16 bits per heavy atom. The number of nitrogens with one attached hydrogen (secondary N) is 2. The van der Waals surface area contributed by atoms with E-state index in [1.165, 1.54) is 0 Å². The first-order valence-corrected chi connectivity index (χ1v) is 6.09. The number of hydrogen-bond donors (Lipinski definition) is 4. The van der Waals surface area contributed by atoms with Crippen molar-refractivity contribution in [3.8, 4) is 0 Å². The van der Waals surface area contributed by atoms with Gasteiger partial charge in [0.05, 0.1) is 6.42 Å². The third-order valence-corrected chi connectivity index (χ3v) is 3.06. The van der Waals surface area contributed by atoms with Crippen molar-refractivity contribution in [2.75, 3.05) is 6.54 Å². The molecule has 0 aliphatic heterocycles. The van der Waals surface area contributed by atoms with Crippen molar-refractivity contribution in [3.05, 3.63) is 0 Å². The molecular weight excluding hydrogens is 250 g/mol. The van der Waals surface area contributed by atoms with E-state index in [0.717, 1.165) is 0 Å². The zero-order valence-corrected chi connectivity index (χ0v) is 11.8. The van der Waals surface area contributed by atoms with Gasteiger partial charge in [0, 0.05) is 6.54 Å². The molecule has 110 valence electrons. The predicted octanol–water partition coefficient (Wildman–Crippen LogP) is 0.296. The van der Waals surface area contributed by atoms with Gasteiger partial charge in [-0.25, -0.2) is 9.59 Å². The molecule has 0 saturated carbocycles. The van der Waals surface area contributed by atoms with Crippen molar-refractivity contribution in [1.82, 2.24) is 10.6 Å². The summed E-state index contributed by atoms with van der Waals surface area (Å²) in [5.74, 6) is -1.86. The van der Waals surface area contributed by atoms with Gasteiger partial charge >= 0.3 is 12.0 Å². The molecule has 5 N–H and O–H groups in total. The topological polar surface area (TPSA) is 122 Å². The first kappa shape index (κ1) is 17.2. The van der Waals surface area contributed by atoms with E-state index in [0.29, 0.717) is 6.54 Å². The minimum absolute atomic E-state index is 0.0344. The van der Waals surface area contributed by atoms with Crippen LogP contribution in [0.4, 0.5) is 4.79 Å². The average Bonchev–Trinajstić information content (AvgIpc) is 2.22. The molecule has 0 heterocycles. The minimum atomic E-state index is -1.30. The van der Waals surface area contributed by atoms with Crippen molar-refractivity contribution >= 4 is 17.9 Å². The van der Waals surface area contributed by atoms with E-state index in [2.05, 4.69) is 10.6 Å². The highest BCUT2D eigenvalue weighted by Crippen LogP contribution is 2.24. The van der Waals surface area contributed by atoms with Gasteiger partial charge in [0.25, 0.3) is 0 Å². The SMILES string of the molecule is CC(CNC(=O)N[C@@H](CC(N)=O)C(=O)O)C(C)(C)C. The molecule has 7 nitrogen and oxygen atoms in total. The minimum Gasteiger partial charge on any atom is -0.480 e. The summed E-state index contributed by atoms with van der Waals surface area (Å²) in [5.41, 5.74) is 4.95. The zero-order valence-electron chi connectivity index (χ0n) is 11.8. The molecule has 3 amide bonds. The Kier molecular flexibility index (Phi) is 6.31. The molecular formula is C12H23N3O4. The van der Waals surface area contributed by atoms with Crippen LogP contribution in [0.2, 0.25) is 0 Å². The number of urea groups is 1. The standard InChI is InChI=1S/C12H23N3O4/c1-7(12(2,3)4)6-14-11(19)15-8(10(17)18)5-9(13)16/h7-8H,5-6H2,1-4H3,(H2,13,16)(H,17,18)(H2,14,15,19)/t7?,8-/m0/s1. The molecule has 19 heavy (non-hydrogen) atoms. The smallest absolute Gasteiger partial charge is 0.326 e. The van der Waals surface area contributed by atoms with E-state index in [1.54, 1.807) is 0 Å². The molecule has 0 aliphatic carbocycles. The molecule has 0 bridgehead atoms. The fraction of sp³-hybridized carbons (Fsp3) is 0.750. The van der Waals surface area contributed by atoms with Crippen LogP contribution < -0.4 is 16.4 Å².